The standard InChI is InChI=1S/C19H16N6O3S/c20-18(27)17(26)13(7-11-8-22-14-10-29-9-12(11)14)24-19(28)15-4-6-23-25(15)16-3-1-2-5-21-16/h1-6,8-10,13,22H,7H2,(H2,20,27)(H,24,28). The first-order valence-electron chi connectivity index (χ1n) is 8.66. The van der Waals surface area contributed by atoms with Crippen molar-refractivity contribution in [3.05, 3.63) is 64.9 Å². The maximum absolute atomic E-state index is 12.9. The smallest absolute Gasteiger partial charge is 0.287 e. The lowest BCUT2D eigenvalue weighted by atomic mass is 10.0. The van der Waals surface area contributed by atoms with Gasteiger partial charge < -0.3 is 16.0 Å². The van der Waals surface area contributed by atoms with E-state index in [0.717, 1.165) is 16.5 Å². The molecule has 4 heterocycles. The summed E-state index contributed by atoms with van der Waals surface area (Å²) in [7, 11) is 0. The number of aromatic nitrogens is 4. The summed E-state index contributed by atoms with van der Waals surface area (Å²) in [6.07, 6.45) is 4.91. The van der Waals surface area contributed by atoms with Crippen LogP contribution in [0.4, 0.5) is 0 Å². The van der Waals surface area contributed by atoms with Crippen LogP contribution in [0.5, 0.6) is 0 Å². The van der Waals surface area contributed by atoms with E-state index in [9.17, 15) is 14.4 Å². The zero-order valence-electron chi connectivity index (χ0n) is 15.0. The van der Waals surface area contributed by atoms with Gasteiger partial charge in [0.1, 0.15) is 11.7 Å². The largest absolute Gasteiger partial charge is 0.363 e. The Morgan fingerprint density at radius 2 is 2.07 bits per heavy atom. The third-order valence-electron chi connectivity index (χ3n) is 4.44. The number of nitrogens with two attached hydrogens (primary N) is 1. The van der Waals surface area contributed by atoms with Gasteiger partial charge in [-0.1, -0.05) is 6.07 Å². The summed E-state index contributed by atoms with van der Waals surface area (Å²) in [6.45, 7) is 0. The van der Waals surface area contributed by atoms with E-state index in [-0.39, 0.29) is 12.1 Å². The van der Waals surface area contributed by atoms with Crippen LogP contribution in [-0.4, -0.2) is 43.4 Å². The molecule has 0 aliphatic rings. The third-order valence-corrected chi connectivity index (χ3v) is 5.18. The lowest BCUT2D eigenvalue weighted by molar-refractivity contribution is -0.137. The van der Waals surface area contributed by atoms with E-state index in [2.05, 4.69) is 20.4 Å². The number of Topliss-reactive ketones (excluding diaryl/α,β-unsaturated/α-hetero) is 1. The average Bonchev–Trinajstić information content (AvgIpc) is 3.45. The molecule has 1 atom stereocenters. The highest BCUT2D eigenvalue weighted by Gasteiger charge is 2.28. The molecule has 4 N–H and O–H groups in total. The maximum Gasteiger partial charge on any atom is 0.287 e. The van der Waals surface area contributed by atoms with Crippen molar-refractivity contribution in [3.63, 3.8) is 0 Å². The highest BCUT2D eigenvalue weighted by atomic mass is 32.1. The van der Waals surface area contributed by atoms with Gasteiger partial charge >= 0.3 is 0 Å². The number of nitrogens with zero attached hydrogens (tertiary/aromatic N) is 3. The van der Waals surface area contributed by atoms with E-state index in [1.165, 1.54) is 28.3 Å². The van der Waals surface area contributed by atoms with Gasteiger partial charge in [0.2, 0.25) is 5.78 Å². The van der Waals surface area contributed by atoms with Gasteiger partial charge in [-0.25, -0.2) is 9.67 Å². The molecule has 0 saturated carbocycles. The van der Waals surface area contributed by atoms with Crippen LogP contribution in [0.15, 0.2) is 53.6 Å². The Morgan fingerprint density at radius 3 is 2.83 bits per heavy atom. The monoisotopic (exact) mass is 408 g/mol. The van der Waals surface area contributed by atoms with E-state index in [1.807, 2.05) is 10.8 Å². The molecule has 4 aromatic heterocycles. The van der Waals surface area contributed by atoms with Gasteiger partial charge in [-0.05, 0) is 23.8 Å². The van der Waals surface area contributed by atoms with E-state index in [4.69, 9.17) is 5.73 Å². The molecular formula is C19H16N6O3S. The Balaban J connectivity index is 1.61. The zero-order valence-corrected chi connectivity index (χ0v) is 15.8. The summed E-state index contributed by atoms with van der Waals surface area (Å²) in [4.78, 5) is 44.0. The van der Waals surface area contributed by atoms with Gasteiger partial charge in [-0.15, -0.1) is 11.3 Å². The predicted molar refractivity (Wildman–Crippen MR) is 107 cm³/mol. The molecule has 0 saturated heterocycles. The number of carbonyl (C=O) groups excluding carboxylic acids is 3. The number of pyridine rings is 1. The highest BCUT2D eigenvalue weighted by Crippen LogP contribution is 2.23. The Morgan fingerprint density at radius 1 is 1.21 bits per heavy atom. The van der Waals surface area contributed by atoms with Crippen LogP contribution in [0, 0.1) is 0 Å². The molecule has 4 aromatic rings. The molecule has 0 aliphatic heterocycles. The van der Waals surface area contributed by atoms with Crippen LogP contribution in [-0.2, 0) is 16.0 Å². The number of thiophene rings is 1. The normalized spacial score (nSPS) is 12.0. The highest BCUT2D eigenvalue weighted by molar-refractivity contribution is 7.09. The second kappa shape index (κ2) is 7.68. The van der Waals surface area contributed by atoms with Crippen molar-refractivity contribution in [1.29, 1.82) is 0 Å². The minimum Gasteiger partial charge on any atom is -0.363 e. The number of ketones is 1. The first-order chi connectivity index (χ1) is 14.0. The summed E-state index contributed by atoms with van der Waals surface area (Å²) >= 11 is 1.51. The number of hydrogen-bond acceptors (Lipinski definition) is 6. The molecule has 1 unspecified atom stereocenters. The number of H-pyrrole nitrogens is 1. The third kappa shape index (κ3) is 3.65. The number of rotatable bonds is 7. The number of primary amides is 1. The second-order valence-corrected chi connectivity index (χ2v) is 7.03. The summed E-state index contributed by atoms with van der Waals surface area (Å²) in [5, 5.41) is 11.5. The van der Waals surface area contributed by atoms with Crippen molar-refractivity contribution in [3.8, 4) is 5.82 Å². The van der Waals surface area contributed by atoms with Gasteiger partial charge in [0.15, 0.2) is 5.82 Å². The van der Waals surface area contributed by atoms with Gasteiger partial charge in [0.25, 0.3) is 11.8 Å². The molecule has 0 aliphatic carbocycles. The van der Waals surface area contributed by atoms with Gasteiger partial charge in [0.05, 0.1) is 11.7 Å². The molecule has 9 nitrogen and oxygen atoms in total. The van der Waals surface area contributed by atoms with E-state index in [0.29, 0.717) is 5.82 Å². The minimum absolute atomic E-state index is 0.127. The number of amides is 2. The first kappa shape index (κ1) is 18.6. The van der Waals surface area contributed by atoms with Crippen LogP contribution < -0.4 is 11.1 Å². The fourth-order valence-electron chi connectivity index (χ4n) is 3.04. The van der Waals surface area contributed by atoms with Gasteiger partial charge in [-0.3, -0.25) is 14.4 Å². The van der Waals surface area contributed by atoms with Crippen molar-refractivity contribution >= 4 is 39.8 Å². The molecule has 0 radical (unpaired) electrons. The van der Waals surface area contributed by atoms with Crippen LogP contribution in [0.25, 0.3) is 16.7 Å². The summed E-state index contributed by atoms with van der Waals surface area (Å²) in [5.41, 5.74) is 7.11. The number of carbonyl (C=O) groups is 3. The summed E-state index contributed by atoms with van der Waals surface area (Å²) in [6, 6.07) is 5.61. The minimum atomic E-state index is -1.11. The summed E-state index contributed by atoms with van der Waals surface area (Å²) < 4.78 is 1.36. The quantitative estimate of drug-likeness (QED) is 0.395. The Kier molecular flexibility index (Phi) is 4.92. The van der Waals surface area contributed by atoms with Crippen molar-refractivity contribution < 1.29 is 14.4 Å². The number of aromatic amines is 1. The first-order valence-corrected chi connectivity index (χ1v) is 9.61. The van der Waals surface area contributed by atoms with Crippen molar-refractivity contribution in [2.45, 2.75) is 12.5 Å². The van der Waals surface area contributed by atoms with E-state index >= 15 is 0 Å². The van der Waals surface area contributed by atoms with Crippen molar-refractivity contribution in [2.75, 3.05) is 0 Å². The maximum atomic E-state index is 12.9. The number of nitrogens with one attached hydrogen (secondary N) is 2. The Bertz CT molecular complexity index is 1190. The molecule has 2 amide bonds. The molecule has 29 heavy (non-hydrogen) atoms. The number of hydrogen-bond donors (Lipinski definition) is 3. The van der Waals surface area contributed by atoms with Gasteiger partial charge in [-0.2, -0.15) is 5.10 Å². The fourth-order valence-corrected chi connectivity index (χ4v) is 3.85. The lowest BCUT2D eigenvalue weighted by Crippen LogP contribution is -2.47. The van der Waals surface area contributed by atoms with Gasteiger partial charge in [0, 0.05) is 35.0 Å². The molecule has 0 bridgehead atoms. The molecule has 10 heteroatoms. The topological polar surface area (TPSA) is 136 Å². The molecule has 146 valence electrons. The van der Waals surface area contributed by atoms with Crippen molar-refractivity contribution in [1.82, 2.24) is 25.1 Å². The van der Waals surface area contributed by atoms with Crippen molar-refractivity contribution in [2.24, 2.45) is 5.73 Å². The molecule has 0 fully saturated rings. The van der Waals surface area contributed by atoms with E-state index < -0.39 is 23.6 Å². The van der Waals surface area contributed by atoms with Crippen LogP contribution >= 0.6 is 11.3 Å². The van der Waals surface area contributed by atoms with Crippen LogP contribution in [0.3, 0.4) is 0 Å². The Labute approximate surface area is 168 Å². The predicted octanol–water partition coefficient (Wildman–Crippen LogP) is 1.21. The molecule has 0 aromatic carbocycles. The number of fused-ring (bicyclic) bond motifs is 1. The molecule has 4 rings (SSSR count). The molecular weight excluding hydrogens is 392 g/mol. The van der Waals surface area contributed by atoms with Crippen LogP contribution in [0.2, 0.25) is 0 Å². The lowest BCUT2D eigenvalue weighted by Gasteiger charge is -2.16. The Hall–Kier alpha value is -3.79. The zero-order chi connectivity index (χ0) is 20.4. The summed E-state index contributed by atoms with van der Waals surface area (Å²) in [5.74, 6) is -2.09. The SMILES string of the molecule is NC(=O)C(=O)C(Cc1c[nH]c2cscc12)NC(=O)c1ccnn1-c1ccccn1. The fraction of sp³-hybridized carbons (Fsp3) is 0.105. The van der Waals surface area contributed by atoms with Crippen LogP contribution in [0.1, 0.15) is 16.1 Å². The van der Waals surface area contributed by atoms with E-state index in [1.54, 1.807) is 30.6 Å². The molecule has 0 spiro atoms. The second-order valence-electron chi connectivity index (χ2n) is 6.29. The average molecular weight is 408 g/mol.